The molecule has 140 valence electrons. The standard InChI is InChI=1S/C20H18N6O2/c1-9-2-3-22-6-11(9)14-4-10-5-15(23-7-12(10)18(21)25-14)26-20(28)17-13-8-24-19(27)16(13)17/h2-7,13,16-17H,8H2,1H3,(H2,21,25)(H,24,27)(H,23,26,28). The number of pyridine rings is 3. The molecular weight excluding hydrogens is 356 g/mol. The molecule has 1 saturated carbocycles. The highest BCUT2D eigenvalue weighted by atomic mass is 16.2. The summed E-state index contributed by atoms with van der Waals surface area (Å²) in [6, 6.07) is 5.60. The SMILES string of the molecule is Cc1ccncc1-c1cc2cc(NC(=O)C3C4CNC(=O)C43)ncc2c(N)n1. The van der Waals surface area contributed by atoms with E-state index in [1.54, 1.807) is 24.7 Å². The number of hydrogen-bond donors (Lipinski definition) is 3. The van der Waals surface area contributed by atoms with E-state index in [-0.39, 0.29) is 29.6 Å². The third kappa shape index (κ3) is 2.57. The number of nitrogen functional groups attached to an aromatic ring is 1. The number of carbonyl (C=O) groups is 2. The third-order valence-electron chi connectivity index (χ3n) is 5.60. The van der Waals surface area contributed by atoms with Crippen molar-refractivity contribution in [3.63, 3.8) is 0 Å². The number of amides is 2. The van der Waals surface area contributed by atoms with Crippen LogP contribution in [0, 0.1) is 24.7 Å². The van der Waals surface area contributed by atoms with Crippen molar-refractivity contribution < 1.29 is 9.59 Å². The number of piperidine rings is 1. The first kappa shape index (κ1) is 16.6. The van der Waals surface area contributed by atoms with Gasteiger partial charge in [-0.15, -0.1) is 0 Å². The highest BCUT2D eigenvalue weighted by molar-refractivity contribution is 6.02. The average molecular weight is 374 g/mol. The zero-order valence-electron chi connectivity index (χ0n) is 15.1. The van der Waals surface area contributed by atoms with Crippen molar-refractivity contribution >= 4 is 34.2 Å². The Bertz CT molecular complexity index is 1140. The number of hydrogen-bond acceptors (Lipinski definition) is 6. The zero-order valence-corrected chi connectivity index (χ0v) is 15.1. The summed E-state index contributed by atoms with van der Waals surface area (Å²) in [6.45, 7) is 2.56. The van der Waals surface area contributed by atoms with Crippen molar-refractivity contribution in [3.8, 4) is 11.3 Å². The molecule has 0 bridgehead atoms. The van der Waals surface area contributed by atoms with Crippen LogP contribution in [0.1, 0.15) is 5.56 Å². The lowest BCUT2D eigenvalue weighted by atomic mass is 10.1. The second-order valence-corrected chi connectivity index (χ2v) is 7.32. The van der Waals surface area contributed by atoms with E-state index in [0.717, 1.165) is 16.5 Å². The molecule has 2 fully saturated rings. The molecule has 2 aliphatic rings. The van der Waals surface area contributed by atoms with Crippen molar-refractivity contribution in [2.24, 2.45) is 17.8 Å². The van der Waals surface area contributed by atoms with Crippen LogP contribution in [-0.4, -0.2) is 33.3 Å². The van der Waals surface area contributed by atoms with E-state index in [9.17, 15) is 9.59 Å². The molecule has 3 aromatic heterocycles. The fourth-order valence-electron chi connectivity index (χ4n) is 4.00. The van der Waals surface area contributed by atoms with Gasteiger partial charge in [-0.3, -0.25) is 14.6 Å². The Balaban J connectivity index is 1.46. The summed E-state index contributed by atoms with van der Waals surface area (Å²) in [7, 11) is 0. The fraction of sp³-hybridized carbons (Fsp3) is 0.250. The summed E-state index contributed by atoms with van der Waals surface area (Å²) in [4.78, 5) is 37.1. The van der Waals surface area contributed by atoms with Gasteiger partial charge in [0.25, 0.3) is 0 Å². The molecule has 1 aliphatic carbocycles. The number of carbonyl (C=O) groups excluding carboxylic acids is 2. The zero-order chi connectivity index (χ0) is 19.4. The van der Waals surface area contributed by atoms with Gasteiger partial charge in [0.15, 0.2) is 0 Å². The minimum Gasteiger partial charge on any atom is -0.383 e. The van der Waals surface area contributed by atoms with Crippen LogP contribution in [0.4, 0.5) is 11.6 Å². The number of nitrogens with two attached hydrogens (primary N) is 1. The van der Waals surface area contributed by atoms with Gasteiger partial charge in [-0.25, -0.2) is 9.97 Å². The number of rotatable bonds is 3. The normalized spacial score (nSPS) is 22.6. The van der Waals surface area contributed by atoms with Crippen LogP contribution in [0.2, 0.25) is 0 Å². The molecule has 8 nitrogen and oxygen atoms in total. The Labute approximate surface area is 160 Å². The number of aryl methyl sites for hydroxylation is 1. The van der Waals surface area contributed by atoms with E-state index < -0.39 is 0 Å². The van der Waals surface area contributed by atoms with Crippen LogP contribution in [-0.2, 0) is 9.59 Å². The lowest BCUT2D eigenvalue weighted by Crippen LogP contribution is -2.27. The van der Waals surface area contributed by atoms with Gasteiger partial charge in [0.2, 0.25) is 11.8 Å². The van der Waals surface area contributed by atoms with Gasteiger partial charge in [-0.1, -0.05) is 0 Å². The summed E-state index contributed by atoms with van der Waals surface area (Å²) in [5.41, 5.74) is 8.79. The predicted molar refractivity (Wildman–Crippen MR) is 104 cm³/mol. The van der Waals surface area contributed by atoms with Gasteiger partial charge in [-0.05, 0) is 36.1 Å². The van der Waals surface area contributed by atoms with Gasteiger partial charge in [0, 0.05) is 42.0 Å². The van der Waals surface area contributed by atoms with E-state index in [0.29, 0.717) is 29.3 Å². The van der Waals surface area contributed by atoms with Crippen molar-refractivity contribution in [1.82, 2.24) is 20.3 Å². The monoisotopic (exact) mass is 374 g/mol. The molecule has 5 rings (SSSR count). The third-order valence-corrected chi connectivity index (χ3v) is 5.60. The Kier molecular flexibility index (Phi) is 3.55. The van der Waals surface area contributed by atoms with Gasteiger partial charge >= 0.3 is 0 Å². The van der Waals surface area contributed by atoms with Gasteiger partial charge in [0.1, 0.15) is 11.6 Å². The first-order chi connectivity index (χ1) is 13.5. The lowest BCUT2D eigenvalue weighted by molar-refractivity contribution is -0.124. The van der Waals surface area contributed by atoms with E-state index in [1.807, 2.05) is 19.1 Å². The second kappa shape index (κ2) is 5.98. The maximum atomic E-state index is 12.5. The lowest BCUT2D eigenvalue weighted by Gasteiger charge is -2.10. The molecule has 28 heavy (non-hydrogen) atoms. The smallest absolute Gasteiger partial charge is 0.229 e. The summed E-state index contributed by atoms with van der Waals surface area (Å²) < 4.78 is 0. The van der Waals surface area contributed by atoms with Crippen LogP contribution < -0.4 is 16.4 Å². The molecule has 0 aromatic carbocycles. The minimum absolute atomic E-state index is 0.0352. The predicted octanol–water partition coefficient (Wildman–Crippen LogP) is 1.51. The summed E-state index contributed by atoms with van der Waals surface area (Å²) >= 11 is 0. The average Bonchev–Trinajstić information content (AvgIpc) is 3.30. The molecule has 4 N–H and O–H groups in total. The molecule has 0 spiro atoms. The molecule has 0 radical (unpaired) electrons. The Morgan fingerprint density at radius 1 is 1.32 bits per heavy atom. The van der Waals surface area contributed by atoms with Crippen molar-refractivity contribution in [2.75, 3.05) is 17.6 Å². The van der Waals surface area contributed by atoms with E-state index in [4.69, 9.17) is 5.73 Å². The maximum absolute atomic E-state index is 12.5. The quantitative estimate of drug-likeness (QED) is 0.639. The van der Waals surface area contributed by atoms with Crippen LogP contribution >= 0.6 is 0 Å². The van der Waals surface area contributed by atoms with Crippen molar-refractivity contribution in [2.45, 2.75) is 6.92 Å². The van der Waals surface area contributed by atoms with Crippen LogP contribution in [0.3, 0.4) is 0 Å². The number of fused-ring (bicyclic) bond motifs is 2. The second-order valence-electron chi connectivity index (χ2n) is 7.32. The van der Waals surface area contributed by atoms with E-state index in [2.05, 4.69) is 25.6 Å². The first-order valence-corrected chi connectivity index (χ1v) is 9.09. The minimum atomic E-state index is -0.262. The molecule has 3 atom stereocenters. The number of aromatic nitrogens is 3. The molecule has 4 heterocycles. The van der Waals surface area contributed by atoms with E-state index >= 15 is 0 Å². The number of nitrogens with zero attached hydrogens (tertiary/aromatic N) is 3. The molecule has 3 unspecified atom stereocenters. The van der Waals surface area contributed by atoms with Gasteiger partial charge < -0.3 is 16.4 Å². The fourth-order valence-corrected chi connectivity index (χ4v) is 4.00. The number of anilines is 2. The number of nitrogens with one attached hydrogen (secondary N) is 2. The largest absolute Gasteiger partial charge is 0.383 e. The summed E-state index contributed by atoms with van der Waals surface area (Å²) in [5, 5.41) is 7.13. The first-order valence-electron chi connectivity index (χ1n) is 9.09. The van der Waals surface area contributed by atoms with Crippen LogP contribution in [0.5, 0.6) is 0 Å². The highest BCUT2D eigenvalue weighted by Gasteiger charge is 2.62. The topological polar surface area (TPSA) is 123 Å². The van der Waals surface area contributed by atoms with Gasteiger partial charge in [-0.2, -0.15) is 0 Å². The summed E-state index contributed by atoms with van der Waals surface area (Å²) in [6.07, 6.45) is 5.09. The van der Waals surface area contributed by atoms with E-state index in [1.165, 1.54) is 0 Å². The molecule has 8 heteroatoms. The van der Waals surface area contributed by atoms with Crippen molar-refractivity contribution in [1.29, 1.82) is 0 Å². The highest BCUT2D eigenvalue weighted by Crippen LogP contribution is 2.49. The van der Waals surface area contributed by atoms with Crippen LogP contribution in [0.25, 0.3) is 22.0 Å². The Morgan fingerprint density at radius 2 is 2.18 bits per heavy atom. The molecule has 1 saturated heterocycles. The van der Waals surface area contributed by atoms with Gasteiger partial charge in [0.05, 0.1) is 17.5 Å². The molecule has 3 aromatic rings. The molecular formula is C20H18N6O2. The molecule has 2 amide bonds. The maximum Gasteiger partial charge on any atom is 0.229 e. The Morgan fingerprint density at radius 3 is 2.93 bits per heavy atom. The Hall–Kier alpha value is -3.55. The summed E-state index contributed by atoms with van der Waals surface area (Å²) in [5.74, 6) is 0.252. The molecule has 1 aliphatic heterocycles. The van der Waals surface area contributed by atoms with Crippen molar-refractivity contribution in [3.05, 3.63) is 42.4 Å². The van der Waals surface area contributed by atoms with Crippen LogP contribution in [0.15, 0.2) is 36.8 Å².